The first kappa shape index (κ1) is 22.0. The summed E-state index contributed by atoms with van der Waals surface area (Å²) in [5.41, 5.74) is 8.74. The van der Waals surface area contributed by atoms with Crippen molar-refractivity contribution in [3.8, 4) is 11.3 Å². The summed E-state index contributed by atoms with van der Waals surface area (Å²) in [5, 5.41) is 6.84. The number of anilines is 3. The fraction of sp³-hybridized carbons (Fsp3) is 0.0909. The van der Waals surface area contributed by atoms with Gasteiger partial charge in [0.15, 0.2) is 0 Å². The number of carbonyl (C=O) groups excluding carboxylic acids is 1. The molecule has 0 radical (unpaired) electrons. The predicted molar refractivity (Wildman–Crippen MR) is 122 cm³/mol. The Bertz CT molecular complexity index is 1430. The highest BCUT2D eigenvalue weighted by atomic mass is 32.2. The second kappa shape index (κ2) is 8.71. The van der Waals surface area contributed by atoms with E-state index in [2.05, 4.69) is 25.2 Å². The zero-order valence-corrected chi connectivity index (χ0v) is 18.6. The summed E-state index contributed by atoms with van der Waals surface area (Å²) in [7, 11) is -3.85. The molecule has 0 aliphatic carbocycles. The van der Waals surface area contributed by atoms with Gasteiger partial charge in [-0.3, -0.25) is 4.79 Å². The Morgan fingerprint density at radius 2 is 1.76 bits per heavy atom. The largest absolute Gasteiger partial charge is 0.366 e. The molecule has 0 fully saturated rings. The number of aromatic nitrogens is 3. The number of nitrogens with zero attached hydrogens (tertiary/aromatic N) is 3. The van der Waals surface area contributed by atoms with Crippen molar-refractivity contribution in [1.82, 2.24) is 15.1 Å². The van der Waals surface area contributed by atoms with E-state index in [9.17, 15) is 13.2 Å². The molecule has 33 heavy (non-hydrogen) atoms. The molecular formula is C22H20N6O4S. The van der Waals surface area contributed by atoms with Crippen molar-refractivity contribution in [2.45, 2.75) is 18.7 Å². The van der Waals surface area contributed by atoms with E-state index in [0.29, 0.717) is 39.6 Å². The molecule has 10 nitrogen and oxygen atoms in total. The van der Waals surface area contributed by atoms with Gasteiger partial charge in [-0.15, -0.1) is 0 Å². The van der Waals surface area contributed by atoms with Crippen molar-refractivity contribution in [2.24, 2.45) is 5.73 Å². The summed E-state index contributed by atoms with van der Waals surface area (Å²) in [4.78, 5) is 20.2. The number of amides is 1. The Morgan fingerprint density at radius 1 is 1.03 bits per heavy atom. The Hall–Kier alpha value is -4.25. The van der Waals surface area contributed by atoms with Gasteiger partial charge in [0.1, 0.15) is 12.1 Å². The van der Waals surface area contributed by atoms with Crippen molar-refractivity contribution in [3.63, 3.8) is 0 Å². The highest BCUT2D eigenvalue weighted by molar-refractivity contribution is 7.92. The van der Waals surface area contributed by atoms with E-state index in [-0.39, 0.29) is 10.8 Å². The van der Waals surface area contributed by atoms with Crippen LogP contribution in [0.3, 0.4) is 0 Å². The lowest BCUT2D eigenvalue weighted by molar-refractivity contribution is 0.100. The Labute approximate surface area is 189 Å². The van der Waals surface area contributed by atoms with Gasteiger partial charge in [-0.05, 0) is 44.2 Å². The number of hydrogen-bond acceptors (Lipinski definition) is 8. The smallest absolute Gasteiger partial charge is 0.264 e. The third-order valence-corrected chi connectivity index (χ3v) is 6.30. The molecule has 0 saturated heterocycles. The molecule has 168 valence electrons. The van der Waals surface area contributed by atoms with E-state index >= 15 is 0 Å². The third kappa shape index (κ3) is 4.67. The summed E-state index contributed by atoms with van der Waals surface area (Å²) < 4.78 is 32.7. The molecule has 1 amide bonds. The summed E-state index contributed by atoms with van der Waals surface area (Å²) in [6.45, 7) is 3.44. The molecule has 4 N–H and O–H groups in total. The maximum atomic E-state index is 12.6. The van der Waals surface area contributed by atoms with Crippen LogP contribution in [0.2, 0.25) is 0 Å². The minimum atomic E-state index is -3.85. The fourth-order valence-corrected chi connectivity index (χ4v) is 4.10. The quantitative estimate of drug-likeness (QED) is 0.376. The predicted octanol–water partition coefficient (Wildman–Crippen LogP) is 3.39. The van der Waals surface area contributed by atoms with Crippen molar-refractivity contribution in [3.05, 3.63) is 77.7 Å². The van der Waals surface area contributed by atoms with E-state index in [4.69, 9.17) is 10.3 Å². The first-order valence-electron chi connectivity index (χ1n) is 9.78. The van der Waals surface area contributed by atoms with Gasteiger partial charge in [0.2, 0.25) is 11.8 Å². The molecule has 2 aromatic heterocycles. The SMILES string of the molecule is Cc1noc(NS(=O)(=O)c2ccc(Nc3cc(-c4ccccc4C(N)=O)ncn3)cc2)c1C. The first-order chi connectivity index (χ1) is 15.7. The van der Waals surface area contributed by atoms with Gasteiger partial charge in [-0.2, -0.15) is 0 Å². The molecule has 0 aliphatic heterocycles. The van der Waals surface area contributed by atoms with Gasteiger partial charge >= 0.3 is 0 Å². The first-order valence-corrected chi connectivity index (χ1v) is 11.3. The minimum absolute atomic E-state index is 0.0558. The van der Waals surface area contributed by atoms with Crippen molar-refractivity contribution < 1.29 is 17.7 Å². The monoisotopic (exact) mass is 464 g/mol. The van der Waals surface area contributed by atoms with Crippen LogP contribution >= 0.6 is 0 Å². The molecule has 0 aliphatic rings. The molecule has 2 aromatic carbocycles. The second-order valence-corrected chi connectivity index (χ2v) is 8.86. The summed E-state index contributed by atoms with van der Waals surface area (Å²) in [6.07, 6.45) is 1.36. The number of sulfonamides is 1. The average molecular weight is 465 g/mol. The molecule has 0 saturated carbocycles. The van der Waals surface area contributed by atoms with Crippen LogP contribution in [-0.2, 0) is 10.0 Å². The molecule has 0 atom stereocenters. The normalized spacial score (nSPS) is 11.2. The van der Waals surface area contributed by atoms with Crippen LogP contribution in [0, 0.1) is 13.8 Å². The van der Waals surface area contributed by atoms with Crippen molar-refractivity contribution in [2.75, 3.05) is 10.0 Å². The second-order valence-electron chi connectivity index (χ2n) is 7.18. The van der Waals surface area contributed by atoms with Gasteiger partial charge < -0.3 is 15.6 Å². The average Bonchev–Trinajstić information content (AvgIpc) is 3.11. The van der Waals surface area contributed by atoms with Gasteiger partial charge in [0.05, 0.1) is 16.3 Å². The van der Waals surface area contributed by atoms with Crippen LogP contribution in [0.1, 0.15) is 21.6 Å². The molecule has 2 heterocycles. The van der Waals surface area contributed by atoms with Gasteiger partial charge in [0.25, 0.3) is 10.0 Å². The maximum absolute atomic E-state index is 12.6. The van der Waals surface area contributed by atoms with Crippen LogP contribution < -0.4 is 15.8 Å². The number of aryl methyl sites for hydroxylation is 1. The molecule has 0 bridgehead atoms. The fourth-order valence-electron chi connectivity index (χ4n) is 3.05. The highest BCUT2D eigenvalue weighted by Crippen LogP contribution is 2.26. The van der Waals surface area contributed by atoms with Crippen LogP contribution in [0.25, 0.3) is 11.3 Å². The maximum Gasteiger partial charge on any atom is 0.264 e. The van der Waals surface area contributed by atoms with E-state index in [1.54, 1.807) is 56.3 Å². The molecule has 4 rings (SSSR count). The van der Waals surface area contributed by atoms with E-state index in [1.807, 2.05) is 0 Å². The standard InChI is InChI=1S/C22H20N6O4S/c1-13-14(2)27-32-22(13)28-33(30,31)16-9-7-15(8-10-16)26-20-11-19(24-12-25-20)17-5-3-4-6-18(17)21(23)29/h3-12,28H,1-2H3,(H2,23,29)(H,24,25,26). The number of primary amides is 1. The highest BCUT2D eigenvalue weighted by Gasteiger charge is 2.19. The number of rotatable bonds is 7. The molecule has 0 unspecified atom stereocenters. The van der Waals surface area contributed by atoms with Gasteiger partial charge in [-0.1, -0.05) is 23.4 Å². The van der Waals surface area contributed by atoms with E-state index in [1.165, 1.54) is 18.5 Å². The van der Waals surface area contributed by atoms with Gasteiger partial charge in [0, 0.05) is 28.4 Å². The van der Waals surface area contributed by atoms with Crippen molar-refractivity contribution in [1.29, 1.82) is 0 Å². The van der Waals surface area contributed by atoms with Crippen molar-refractivity contribution >= 4 is 33.3 Å². The van der Waals surface area contributed by atoms with E-state index in [0.717, 1.165) is 0 Å². The van der Waals surface area contributed by atoms with Gasteiger partial charge in [-0.25, -0.2) is 23.1 Å². The molecule has 0 spiro atoms. The van der Waals surface area contributed by atoms with E-state index < -0.39 is 15.9 Å². The number of nitrogens with two attached hydrogens (primary N) is 1. The number of benzene rings is 2. The van der Waals surface area contributed by atoms with Crippen LogP contribution in [0.5, 0.6) is 0 Å². The van der Waals surface area contributed by atoms with Crippen LogP contribution in [0.15, 0.2) is 70.3 Å². The number of nitrogens with one attached hydrogen (secondary N) is 2. The molecular weight excluding hydrogens is 444 g/mol. The number of carbonyl (C=O) groups is 1. The summed E-state index contributed by atoms with van der Waals surface area (Å²) >= 11 is 0. The lowest BCUT2D eigenvalue weighted by atomic mass is 10.0. The zero-order chi connectivity index (χ0) is 23.6. The summed E-state index contributed by atoms with van der Waals surface area (Å²) in [5.74, 6) is -0.0139. The van der Waals surface area contributed by atoms with Crippen LogP contribution in [0.4, 0.5) is 17.4 Å². The Kier molecular flexibility index (Phi) is 5.80. The lowest BCUT2D eigenvalue weighted by Crippen LogP contribution is -2.13. The Morgan fingerprint density at radius 3 is 2.42 bits per heavy atom. The molecule has 11 heteroatoms. The lowest BCUT2D eigenvalue weighted by Gasteiger charge is -2.10. The summed E-state index contributed by atoms with van der Waals surface area (Å²) in [6, 6.07) is 14.7. The number of hydrogen-bond donors (Lipinski definition) is 3. The zero-order valence-electron chi connectivity index (χ0n) is 17.7. The van der Waals surface area contributed by atoms with Crippen LogP contribution in [-0.4, -0.2) is 29.4 Å². The minimum Gasteiger partial charge on any atom is -0.366 e. The molecule has 4 aromatic rings. The Balaban J connectivity index is 1.54. The topological polar surface area (TPSA) is 153 Å². The third-order valence-electron chi connectivity index (χ3n) is 4.96.